The van der Waals surface area contributed by atoms with Crippen molar-refractivity contribution >= 4 is 10.2 Å². The number of hydrogen-bond acceptors (Lipinski definition) is 10. The Hall–Kier alpha value is -3.07. The van der Waals surface area contributed by atoms with Crippen LogP contribution in [0.3, 0.4) is 0 Å². The number of nitrogens with zero attached hydrogens (tertiary/aromatic N) is 6. The molecule has 264 valence electrons. The number of aliphatic hydroxyl groups is 2. The van der Waals surface area contributed by atoms with Crippen LogP contribution in [0.4, 0.5) is 22.0 Å². The van der Waals surface area contributed by atoms with Crippen LogP contribution in [0.2, 0.25) is 0 Å². The lowest BCUT2D eigenvalue weighted by molar-refractivity contribution is -0.212. The standard InChI is InChI=1S/C29H35F5N6O7S/c1-45-28-23(46-24(15-41)27(42)26(28)40-14-21(35-37-40)17-10-19(30)25(32)20(31)11-17)13-18-12-22(47-36-18)16-2-6-38(7-3-16)48(43,44)39-8-4-29(33,34)5-9-39/h10-12,14,16,23-24,26-28,41-42H,2-9,13,15H2,1H3/t23-,24-,26+,27+,28+/m1/s1. The van der Waals surface area contributed by atoms with Crippen LogP contribution in [-0.4, -0.2) is 118 Å². The largest absolute Gasteiger partial charge is 0.394 e. The van der Waals surface area contributed by atoms with E-state index < -0.39 is 83.5 Å². The van der Waals surface area contributed by atoms with E-state index in [1.165, 1.54) is 22.3 Å². The lowest BCUT2D eigenvalue weighted by atomic mass is 9.90. The average molecular weight is 707 g/mol. The van der Waals surface area contributed by atoms with Crippen LogP contribution in [0.25, 0.3) is 11.3 Å². The van der Waals surface area contributed by atoms with Gasteiger partial charge >= 0.3 is 0 Å². The van der Waals surface area contributed by atoms with Gasteiger partial charge in [0.25, 0.3) is 16.1 Å². The van der Waals surface area contributed by atoms with Crippen molar-refractivity contribution in [3.63, 3.8) is 0 Å². The molecule has 1 aromatic carbocycles. The molecule has 6 rings (SSSR count). The summed E-state index contributed by atoms with van der Waals surface area (Å²) in [4.78, 5) is 0. The second-order valence-corrected chi connectivity index (χ2v) is 14.2. The van der Waals surface area contributed by atoms with E-state index in [2.05, 4.69) is 15.5 Å². The molecule has 0 amide bonds. The minimum Gasteiger partial charge on any atom is -0.394 e. The molecule has 2 N–H and O–H groups in total. The van der Waals surface area contributed by atoms with Crippen LogP contribution >= 0.6 is 0 Å². The van der Waals surface area contributed by atoms with Gasteiger partial charge in [0, 0.05) is 70.1 Å². The van der Waals surface area contributed by atoms with Crippen molar-refractivity contribution < 1.29 is 54.6 Å². The van der Waals surface area contributed by atoms with E-state index in [9.17, 15) is 40.6 Å². The Morgan fingerprint density at radius 3 is 2.29 bits per heavy atom. The minimum absolute atomic E-state index is 0.00379. The number of methoxy groups -OCH3 is 1. The summed E-state index contributed by atoms with van der Waals surface area (Å²) in [5, 5.41) is 33.2. The van der Waals surface area contributed by atoms with Gasteiger partial charge in [-0.25, -0.2) is 26.6 Å². The fourth-order valence-electron chi connectivity index (χ4n) is 6.59. The summed E-state index contributed by atoms with van der Waals surface area (Å²) in [5.41, 5.74) is 0.374. The molecular formula is C29H35F5N6O7S. The van der Waals surface area contributed by atoms with E-state index >= 15 is 0 Å². The zero-order valence-electron chi connectivity index (χ0n) is 25.8. The third-order valence-corrected chi connectivity index (χ3v) is 11.3. The third kappa shape index (κ3) is 6.86. The highest BCUT2D eigenvalue weighted by atomic mass is 32.2. The van der Waals surface area contributed by atoms with E-state index in [1.807, 2.05) is 0 Å². The van der Waals surface area contributed by atoms with Crippen LogP contribution < -0.4 is 0 Å². The Labute approximate surface area is 272 Å². The fraction of sp³-hybridized carbons (Fsp3) is 0.621. The lowest BCUT2D eigenvalue weighted by Crippen LogP contribution is -2.57. The van der Waals surface area contributed by atoms with Crippen LogP contribution in [-0.2, 0) is 26.1 Å². The lowest BCUT2D eigenvalue weighted by Gasteiger charge is -2.43. The molecule has 0 aliphatic carbocycles. The molecule has 0 radical (unpaired) electrons. The third-order valence-electron chi connectivity index (χ3n) is 9.28. The first-order valence-corrected chi connectivity index (χ1v) is 16.8. The summed E-state index contributed by atoms with van der Waals surface area (Å²) >= 11 is 0. The summed E-state index contributed by atoms with van der Waals surface area (Å²) in [6.07, 6.45) is -2.84. The maximum atomic E-state index is 13.9. The predicted octanol–water partition coefficient (Wildman–Crippen LogP) is 2.43. The number of aromatic nitrogens is 4. The van der Waals surface area contributed by atoms with Crippen LogP contribution in [0.15, 0.2) is 28.9 Å². The quantitative estimate of drug-likeness (QED) is 0.250. The number of halogens is 5. The highest BCUT2D eigenvalue weighted by Gasteiger charge is 2.47. The van der Waals surface area contributed by atoms with E-state index in [4.69, 9.17) is 14.0 Å². The molecule has 0 unspecified atom stereocenters. The van der Waals surface area contributed by atoms with E-state index in [0.29, 0.717) is 24.3 Å². The first-order chi connectivity index (χ1) is 22.8. The van der Waals surface area contributed by atoms with Gasteiger partial charge in [0.2, 0.25) is 0 Å². The number of ether oxygens (including phenoxy) is 2. The van der Waals surface area contributed by atoms with Gasteiger partial charge in [-0.15, -0.1) is 5.10 Å². The molecule has 3 aliphatic rings. The molecule has 3 fully saturated rings. The van der Waals surface area contributed by atoms with Crippen molar-refractivity contribution in [1.82, 2.24) is 28.8 Å². The van der Waals surface area contributed by atoms with Crippen LogP contribution in [0, 0.1) is 17.5 Å². The molecule has 19 heteroatoms. The molecule has 13 nitrogen and oxygen atoms in total. The Morgan fingerprint density at radius 2 is 1.67 bits per heavy atom. The van der Waals surface area contributed by atoms with Crippen molar-refractivity contribution in [1.29, 1.82) is 0 Å². The normalized spacial score (nSPS) is 27.8. The molecule has 0 spiro atoms. The maximum absolute atomic E-state index is 13.9. The van der Waals surface area contributed by atoms with Crippen LogP contribution in [0.1, 0.15) is 49.1 Å². The van der Waals surface area contributed by atoms with Gasteiger partial charge in [0.05, 0.1) is 24.6 Å². The monoisotopic (exact) mass is 706 g/mol. The SMILES string of the molecule is CO[C@@H]1[C@@H](n2cc(-c3cc(F)c(F)c(F)c3)nn2)[C@@H](O)[C@@H](CO)O[C@@H]1Cc1cc(C2CCN(S(=O)(=O)N3CCC(F)(F)CC3)CC2)on1. The zero-order chi connectivity index (χ0) is 34.4. The number of hydrogen-bond donors (Lipinski definition) is 2. The van der Waals surface area contributed by atoms with Crippen molar-refractivity contribution in [2.75, 3.05) is 39.9 Å². The molecule has 48 heavy (non-hydrogen) atoms. The average Bonchev–Trinajstić information content (AvgIpc) is 3.74. The van der Waals surface area contributed by atoms with E-state index in [1.54, 1.807) is 6.07 Å². The summed E-state index contributed by atoms with van der Waals surface area (Å²) in [6, 6.07) is 2.27. The number of aliphatic hydroxyl groups excluding tert-OH is 2. The van der Waals surface area contributed by atoms with Gasteiger partial charge < -0.3 is 24.2 Å². The Kier molecular flexibility index (Phi) is 9.91. The summed E-state index contributed by atoms with van der Waals surface area (Å²) in [7, 11) is -2.49. The van der Waals surface area contributed by atoms with E-state index in [-0.39, 0.29) is 49.8 Å². The van der Waals surface area contributed by atoms with E-state index in [0.717, 1.165) is 16.4 Å². The van der Waals surface area contributed by atoms with Gasteiger partial charge in [0.1, 0.15) is 35.8 Å². The second kappa shape index (κ2) is 13.7. The highest BCUT2D eigenvalue weighted by molar-refractivity contribution is 7.86. The fourth-order valence-corrected chi connectivity index (χ4v) is 8.23. The summed E-state index contributed by atoms with van der Waals surface area (Å²) < 4.78 is 115. The maximum Gasteiger partial charge on any atom is 0.281 e. The molecule has 5 atom stereocenters. The summed E-state index contributed by atoms with van der Waals surface area (Å²) in [5.74, 6) is -6.92. The molecular weight excluding hydrogens is 671 g/mol. The molecule has 2 aromatic heterocycles. The second-order valence-electron chi connectivity index (χ2n) is 12.3. The van der Waals surface area contributed by atoms with Crippen molar-refractivity contribution in [2.24, 2.45) is 0 Å². The van der Waals surface area contributed by atoms with Gasteiger partial charge in [0.15, 0.2) is 17.5 Å². The number of piperidine rings is 2. The van der Waals surface area contributed by atoms with Crippen molar-refractivity contribution in [3.8, 4) is 11.3 Å². The molecule has 3 saturated heterocycles. The molecule has 3 aromatic rings. The topological polar surface area (TPSA) is 156 Å². The van der Waals surface area contributed by atoms with Crippen molar-refractivity contribution in [2.45, 2.75) is 74.4 Å². The number of benzene rings is 1. The van der Waals surface area contributed by atoms with Crippen LogP contribution in [0.5, 0.6) is 0 Å². The van der Waals surface area contributed by atoms with Gasteiger partial charge in [-0.3, -0.25) is 0 Å². The first kappa shape index (κ1) is 34.8. The smallest absolute Gasteiger partial charge is 0.281 e. The molecule has 0 bridgehead atoms. The molecule has 5 heterocycles. The Bertz CT molecular complexity index is 1670. The summed E-state index contributed by atoms with van der Waals surface area (Å²) in [6.45, 7) is -0.655. The Morgan fingerprint density at radius 1 is 1.02 bits per heavy atom. The van der Waals surface area contributed by atoms with Crippen molar-refractivity contribution in [3.05, 3.63) is 53.3 Å². The first-order valence-electron chi connectivity index (χ1n) is 15.4. The molecule has 0 saturated carbocycles. The Balaban J connectivity index is 1.13. The minimum atomic E-state index is -3.87. The predicted molar refractivity (Wildman–Crippen MR) is 155 cm³/mol. The number of alkyl halides is 2. The van der Waals surface area contributed by atoms with Gasteiger partial charge in [-0.05, 0) is 25.0 Å². The number of rotatable bonds is 9. The van der Waals surface area contributed by atoms with Gasteiger partial charge in [-0.1, -0.05) is 10.4 Å². The molecule has 3 aliphatic heterocycles. The van der Waals surface area contributed by atoms with Gasteiger partial charge in [-0.2, -0.15) is 17.0 Å². The highest BCUT2D eigenvalue weighted by Crippen LogP contribution is 2.36. The zero-order valence-corrected chi connectivity index (χ0v) is 26.6.